The molecule has 0 aromatic rings. The lowest BCUT2D eigenvalue weighted by atomic mass is 9.49. The second kappa shape index (κ2) is 12.6. The Morgan fingerprint density at radius 3 is 2.16 bits per heavy atom. The quantitative estimate of drug-likeness (QED) is 0.103. The van der Waals surface area contributed by atoms with Crippen LogP contribution in [0.3, 0.4) is 0 Å². The molecule has 0 unspecified atom stereocenters. The van der Waals surface area contributed by atoms with Crippen LogP contribution in [-0.4, -0.2) is 33.5 Å². The van der Waals surface area contributed by atoms with Crippen LogP contribution in [0.15, 0.2) is 5.11 Å². The van der Waals surface area contributed by atoms with Gasteiger partial charge in [-0.15, -0.1) is 0 Å². The monoisotopic (exact) mass is 547 g/mol. The molecule has 3 fully saturated rings. The van der Waals surface area contributed by atoms with E-state index in [9.17, 15) is 10.3 Å². The predicted octanol–water partition coefficient (Wildman–Crippen LogP) is 9.00. The Bertz CT molecular complexity index is 911. The van der Waals surface area contributed by atoms with Crippen LogP contribution in [0.4, 0.5) is 0 Å². The van der Waals surface area contributed by atoms with E-state index in [2.05, 4.69) is 64.7 Å². The third-order valence-corrected chi connectivity index (χ3v) is 15.9. The Hall–Kier alpha value is -1.73. The van der Waals surface area contributed by atoms with Gasteiger partial charge in [0.15, 0.2) is 8.32 Å². The van der Waals surface area contributed by atoms with Gasteiger partial charge in [-0.2, -0.15) is 0 Å². The maximum Gasteiger partial charge on any atom is 0.302 e. The first kappa shape index (κ1) is 32.5. The number of carbonyl (C=O) groups excluding carboxylic acids is 1. The van der Waals surface area contributed by atoms with E-state index in [0.29, 0.717) is 35.6 Å². The standard InChI is InChI=1S/C28H51N3O3Si.N3/c1-19-10-11-24-23(17-30-31-29)25(13-15-27(19,24)6)28(7)14-12-22(34-20(2)32)16-21(28)18-33-35(8,9)26(3,4)5;1-3-2/h19,21-25H,10-18H2,1-9H3;/q;-1/t19-,21+,22-,23-,24-,25-,27+,28-;/m0./s1. The molecule has 0 radical (unpaired) electrons. The molecule has 3 saturated carbocycles. The van der Waals surface area contributed by atoms with Gasteiger partial charge in [0.2, 0.25) is 0 Å². The Labute approximate surface area is 231 Å². The fourth-order valence-corrected chi connectivity index (χ4v) is 8.80. The van der Waals surface area contributed by atoms with Crippen LogP contribution in [0.25, 0.3) is 26.4 Å². The van der Waals surface area contributed by atoms with E-state index in [-0.39, 0.29) is 22.5 Å². The molecule has 0 aromatic carbocycles. The Morgan fingerprint density at radius 2 is 1.61 bits per heavy atom. The van der Waals surface area contributed by atoms with Gasteiger partial charge in [0.1, 0.15) is 6.10 Å². The van der Waals surface area contributed by atoms with Crippen molar-refractivity contribution in [2.24, 2.45) is 45.5 Å². The molecule has 0 spiro atoms. The summed E-state index contributed by atoms with van der Waals surface area (Å²) < 4.78 is 12.6. The van der Waals surface area contributed by atoms with Crippen LogP contribution in [0.5, 0.6) is 0 Å². The highest BCUT2D eigenvalue weighted by molar-refractivity contribution is 6.74. The first-order valence-electron chi connectivity index (χ1n) is 14.4. The number of hydrogen-bond acceptors (Lipinski definition) is 4. The highest BCUT2D eigenvalue weighted by atomic mass is 28.4. The van der Waals surface area contributed by atoms with Crippen molar-refractivity contribution in [3.8, 4) is 0 Å². The second-order valence-corrected chi connectivity index (χ2v) is 19.0. The van der Waals surface area contributed by atoms with E-state index in [1.807, 2.05) is 0 Å². The molecular weight excluding hydrogens is 496 g/mol. The molecule has 216 valence electrons. The minimum absolute atomic E-state index is 0.0236. The molecule has 0 N–H and O–H groups in total. The molecule has 0 aliphatic heterocycles. The molecule has 10 heteroatoms. The number of carbonyl (C=O) groups is 1. The maximum atomic E-state index is 11.8. The summed E-state index contributed by atoms with van der Waals surface area (Å²) in [6.07, 6.45) is 7.77. The van der Waals surface area contributed by atoms with E-state index >= 15 is 0 Å². The fourth-order valence-electron chi connectivity index (χ4n) is 7.75. The van der Waals surface area contributed by atoms with E-state index in [4.69, 9.17) is 20.2 Å². The number of nitrogens with zero attached hydrogens (tertiary/aromatic N) is 6. The predicted molar refractivity (Wildman–Crippen MR) is 154 cm³/mol. The topological polar surface area (TPSA) is 143 Å². The zero-order chi connectivity index (χ0) is 28.9. The summed E-state index contributed by atoms with van der Waals surface area (Å²) in [5.74, 6) is 2.41. The van der Waals surface area contributed by atoms with E-state index in [1.165, 1.54) is 37.5 Å². The minimum atomic E-state index is -1.91. The number of rotatable bonds is 7. The van der Waals surface area contributed by atoms with Gasteiger partial charge in [0, 0.05) is 25.0 Å². The normalized spacial score (nSPS) is 37.1. The van der Waals surface area contributed by atoms with Crippen LogP contribution in [0.1, 0.15) is 93.4 Å². The van der Waals surface area contributed by atoms with Gasteiger partial charge in [-0.1, -0.05) is 46.7 Å². The molecule has 0 heterocycles. The van der Waals surface area contributed by atoms with Gasteiger partial charge in [-0.3, -0.25) is 9.71 Å². The summed E-state index contributed by atoms with van der Waals surface area (Å²) in [4.78, 5) is 16.5. The zero-order valence-electron chi connectivity index (χ0n) is 25.2. The lowest BCUT2D eigenvalue weighted by Gasteiger charge is -2.57. The minimum Gasteiger partial charge on any atom is -0.463 e. The summed E-state index contributed by atoms with van der Waals surface area (Å²) in [6.45, 7) is 21.8. The molecular formula is C28H51N6O3Si-. The largest absolute Gasteiger partial charge is 0.463 e. The van der Waals surface area contributed by atoms with E-state index < -0.39 is 8.32 Å². The molecule has 9 nitrogen and oxygen atoms in total. The molecule has 3 rings (SSSR count). The first-order valence-corrected chi connectivity index (χ1v) is 17.3. The van der Waals surface area contributed by atoms with Crippen molar-refractivity contribution in [2.75, 3.05) is 13.2 Å². The maximum absolute atomic E-state index is 11.8. The van der Waals surface area contributed by atoms with Crippen molar-refractivity contribution in [3.05, 3.63) is 26.4 Å². The van der Waals surface area contributed by atoms with E-state index in [1.54, 1.807) is 0 Å². The molecule has 0 amide bonds. The molecule has 0 aromatic heterocycles. The second-order valence-electron chi connectivity index (χ2n) is 14.2. The summed E-state index contributed by atoms with van der Waals surface area (Å²) in [5, 5.41) is 4.33. The van der Waals surface area contributed by atoms with Crippen molar-refractivity contribution < 1.29 is 14.0 Å². The number of esters is 1. The van der Waals surface area contributed by atoms with Crippen molar-refractivity contribution in [2.45, 2.75) is 118 Å². The summed E-state index contributed by atoms with van der Waals surface area (Å²) in [7, 11) is -1.91. The average molecular weight is 548 g/mol. The Kier molecular flexibility index (Phi) is 10.8. The Morgan fingerprint density at radius 1 is 1.03 bits per heavy atom. The van der Waals surface area contributed by atoms with Crippen molar-refractivity contribution >= 4 is 14.3 Å². The number of fused-ring (bicyclic) bond motifs is 1. The van der Waals surface area contributed by atoms with Crippen LogP contribution >= 0.6 is 0 Å². The molecule has 38 heavy (non-hydrogen) atoms. The molecule has 3 aliphatic carbocycles. The highest BCUT2D eigenvalue weighted by Gasteiger charge is 2.57. The zero-order valence-corrected chi connectivity index (χ0v) is 26.2. The molecule has 0 bridgehead atoms. The van der Waals surface area contributed by atoms with Gasteiger partial charge < -0.3 is 20.2 Å². The van der Waals surface area contributed by atoms with Gasteiger partial charge in [0.05, 0.1) is 0 Å². The number of hydrogen-bond donors (Lipinski definition) is 0. The Balaban J connectivity index is 0.00000161. The molecule has 8 atom stereocenters. The number of azide groups is 1. The summed E-state index contributed by atoms with van der Waals surface area (Å²) in [5.41, 5.74) is 23.2. The van der Waals surface area contributed by atoms with Crippen molar-refractivity contribution in [1.82, 2.24) is 0 Å². The lowest BCUT2D eigenvalue weighted by molar-refractivity contribution is -0.155. The molecule has 3 aliphatic rings. The molecule has 0 saturated heterocycles. The van der Waals surface area contributed by atoms with Gasteiger partial charge in [-0.25, -0.2) is 0 Å². The smallest absolute Gasteiger partial charge is 0.302 e. The van der Waals surface area contributed by atoms with Crippen LogP contribution < -0.4 is 0 Å². The van der Waals surface area contributed by atoms with Crippen LogP contribution in [-0.2, 0) is 14.0 Å². The average Bonchev–Trinajstić information content (AvgIpc) is 3.11. The summed E-state index contributed by atoms with van der Waals surface area (Å²) in [6, 6.07) is 0. The lowest BCUT2D eigenvalue weighted by Crippen LogP contribution is -2.53. The fraction of sp³-hybridized carbons (Fsp3) is 0.964. The number of ether oxygens (including phenoxy) is 1. The SMILES string of the molecule is CC(=O)O[C@H]1CC[C@](C)([C@H]2CC[C@]3(C)[C@@H](C)CC[C@H]3[C@@H]2CN=[N+]=[N-])[C@@H](CO[Si](C)(C)C(C)(C)C)C1.[N-]=[N+]=[N-]. The van der Waals surface area contributed by atoms with Crippen molar-refractivity contribution in [1.29, 1.82) is 0 Å². The van der Waals surface area contributed by atoms with Crippen molar-refractivity contribution in [3.63, 3.8) is 0 Å². The third-order valence-electron chi connectivity index (χ3n) is 11.4. The summed E-state index contributed by atoms with van der Waals surface area (Å²) >= 11 is 0. The van der Waals surface area contributed by atoms with Gasteiger partial charge >= 0.3 is 5.97 Å². The van der Waals surface area contributed by atoms with Crippen LogP contribution in [0.2, 0.25) is 18.1 Å². The highest BCUT2D eigenvalue weighted by Crippen LogP contribution is 2.64. The van der Waals surface area contributed by atoms with Crippen LogP contribution in [0, 0.1) is 40.4 Å². The van der Waals surface area contributed by atoms with Gasteiger partial charge in [-0.05, 0) is 109 Å². The first-order chi connectivity index (χ1) is 17.6. The van der Waals surface area contributed by atoms with Gasteiger partial charge in [0.25, 0.3) is 0 Å². The third kappa shape index (κ3) is 6.88. The van der Waals surface area contributed by atoms with E-state index in [0.717, 1.165) is 31.8 Å².